The van der Waals surface area contributed by atoms with Crippen molar-refractivity contribution in [3.63, 3.8) is 0 Å². The highest BCUT2D eigenvalue weighted by molar-refractivity contribution is 5.90. The van der Waals surface area contributed by atoms with Gasteiger partial charge in [0, 0.05) is 0 Å². The van der Waals surface area contributed by atoms with Gasteiger partial charge in [0.25, 0.3) is 0 Å². The molecule has 1 aromatic rings. The van der Waals surface area contributed by atoms with E-state index < -0.39 is 23.9 Å². The number of amides is 1. The van der Waals surface area contributed by atoms with E-state index in [1.807, 2.05) is 0 Å². The van der Waals surface area contributed by atoms with E-state index in [0.29, 0.717) is 24.0 Å². The molecule has 0 saturated carbocycles. The number of hydrogen-bond donors (Lipinski definition) is 2. The summed E-state index contributed by atoms with van der Waals surface area (Å²) in [5, 5.41) is 11.7. The molecule has 1 aliphatic rings. The molecule has 2 rings (SSSR count). The van der Waals surface area contributed by atoms with Crippen LogP contribution in [0.5, 0.6) is 0 Å². The van der Waals surface area contributed by atoms with Crippen LogP contribution in [0, 0.1) is 5.82 Å². The van der Waals surface area contributed by atoms with Crippen LogP contribution in [0.15, 0.2) is 24.8 Å². The lowest BCUT2D eigenvalue weighted by atomic mass is 10.0. The zero-order valence-corrected chi connectivity index (χ0v) is 10.7. The van der Waals surface area contributed by atoms with Gasteiger partial charge in [0.05, 0.1) is 11.6 Å². The molecule has 2 N–H and O–H groups in total. The van der Waals surface area contributed by atoms with Crippen LogP contribution in [-0.2, 0) is 11.2 Å². The third kappa shape index (κ3) is 2.79. The first-order valence-corrected chi connectivity index (χ1v) is 6.12. The molecule has 106 valence electrons. The van der Waals surface area contributed by atoms with Crippen molar-refractivity contribution >= 4 is 12.1 Å². The predicted octanol–water partition coefficient (Wildman–Crippen LogP) is 2.42. The van der Waals surface area contributed by atoms with Gasteiger partial charge in [0.15, 0.2) is 0 Å². The molecule has 20 heavy (non-hydrogen) atoms. The van der Waals surface area contributed by atoms with Crippen LogP contribution in [-0.4, -0.2) is 23.8 Å². The van der Waals surface area contributed by atoms with Crippen molar-refractivity contribution < 1.29 is 23.8 Å². The van der Waals surface area contributed by atoms with E-state index in [2.05, 4.69) is 11.9 Å². The largest absolute Gasteiger partial charge is 0.478 e. The van der Waals surface area contributed by atoms with Gasteiger partial charge < -0.3 is 15.2 Å². The van der Waals surface area contributed by atoms with Crippen molar-refractivity contribution in [3.8, 4) is 0 Å². The normalized spacial score (nSPS) is 16.4. The number of carboxylic acids is 1. The Balaban J connectivity index is 2.22. The van der Waals surface area contributed by atoms with Gasteiger partial charge in [-0.2, -0.15) is 0 Å². The van der Waals surface area contributed by atoms with Crippen molar-refractivity contribution in [1.29, 1.82) is 0 Å². The number of alkyl carbamates (subject to hydrolysis) is 1. The number of aromatic carboxylic acids is 1. The van der Waals surface area contributed by atoms with Gasteiger partial charge in [0.2, 0.25) is 0 Å². The van der Waals surface area contributed by atoms with Crippen LogP contribution < -0.4 is 5.32 Å². The first-order chi connectivity index (χ1) is 9.52. The maximum atomic E-state index is 13.5. The highest BCUT2D eigenvalue weighted by Crippen LogP contribution is 2.34. The van der Waals surface area contributed by atoms with E-state index in [0.717, 1.165) is 6.07 Å². The van der Waals surface area contributed by atoms with E-state index in [1.165, 1.54) is 12.1 Å². The number of benzene rings is 1. The summed E-state index contributed by atoms with van der Waals surface area (Å²) < 4.78 is 18.3. The van der Waals surface area contributed by atoms with Crippen molar-refractivity contribution in [2.24, 2.45) is 0 Å². The van der Waals surface area contributed by atoms with E-state index in [1.54, 1.807) is 0 Å². The molecular formula is C14H14FNO4. The Labute approximate surface area is 115 Å². The second kappa shape index (κ2) is 5.73. The lowest BCUT2D eigenvalue weighted by Crippen LogP contribution is -2.28. The van der Waals surface area contributed by atoms with Gasteiger partial charge in [-0.3, -0.25) is 0 Å². The predicted molar refractivity (Wildman–Crippen MR) is 69.1 cm³/mol. The third-order valence-corrected chi connectivity index (χ3v) is 3.16. The minimum absolute atomic E-state index is 0.0521. The maximum Gasteiger partial charge on any atom is 0.407 e. The topological polar surface area (TPSA) is 75.6 Å². The number of carbonyl (C=O) groups excluding carboxylic acids is 1. The molecule has 6 heteroatoms. The van der Waals surface area contributed by atoms with Crippen molar-refractivity contribution in [3.05, 3.63) is 47.3 Å². The summed E-state index contributed by atoms with van der Waals surface area (Å²) >= 11 is 0. The molecule has 0 fully saturated rings. The fourth-order valence-corrected chi connectivity index (χ4v) is 2.35. The Morgan fingerprint density at radius 3 is 2.95 bits per heavy atom. The fraction of sp³-hybridized carbons (Fsp3) is 0.286. The minimum Gasteiger partial charge on any atom is -0.478 e. The summed E-state index contributed by atoms with van der Waals surface area (Å²) in [6.45, 7) is 3.50. The van der Waals surface area contributed by atoms with Gasteiger partial charge in [-0.15, -0.1) is 0 Å². The lowest BCUT2D eigenvalue weighted by molar-refractivity contribution is 0.0695. The zero-order chi connectivity index (χ0) is 14.7. The van der Waals surface area contributed by atoms with Crippen LogP contribution in [0.25, 0.3) is 0 Å². The summed E-state index contributed by atoms with van der Waals surface area (Å²) in [6, 6.07) is 1.82. The van der Waals surface area contributed by atoms with Crippen LogP contribution in [0.4, 0.5) is 9.18 Å². The molecule has 1 amide bonds. The number of nitrogens with one attached hydrogen (secondary N) is 1. The molecule has 1 aliphatic carbocycles. The Hall–Kier alpha value is -2.37. The number of halogens is 1. The molecule has 0 bridgehead atoms. The van der Waals surface area contributed by atoms with Crippen LogP contribution in [0.2, 0.25) is 0 Å². The highest BCUT2D eigenvalue weighted by atomic mass is 19.1. The molecule has 1 unspecified atom stereocenters. The van der Waals surface area contributed by atoms with E-state index in [-0.39, 0.29) is 12.2 Å². The molecule has 0 aromatic heterocycles. The third-order valence-electron chi connectivity index (χ3n) is 3.16. The molecule has 0 radical (unpaired) electrons. The number of carbonyl (C=O) groups is 2. The molecule has 0 spiro atoms. The number of fused-ring (bicyclic) bond motifs is 1. The molecule has 1 atom stereocenters. The average Bonchev–Trinajstić information content (AvgIpc) is 2.78. The number of ether oxygens (including phenoxy) is 1. The standard InChI is InChI=1S/C14H14FNO4/c1-2-5-20-14(19)16-12-4-3-9-10(12)6-8(15)7-11(9)13(17)18/h2,6-7,12H,1,3-5H2,(H,16,19)(H,17,18). The summed E-state index contributed by atoms with van der Waals surface area (Å²) in [7, 11) is 0. The van der Waals surface area contributed by atoms with E-state index >= 15 is 0 Å². The van der Waals surface area contributed by atoms with Crippen molar-refractivity contribution in [2.75, 3.05) is 6.61 Å². The SMILES string of the molecule is C=CCOC(=O)NC1CCc2c(C(=O)O)cc(F)cc21. The number of hydrogen-bond acceptors (Lipinski definition) is 3. The Kier molecular flexibility index (Phi) is 4.02. The summed E-state index contributed by atoms with van der Waals surface area (Å²) in [4.78, 5) is 22.6. The van der Waals surface area contributed by atoms with Crippen LogP contribution >= 0.6 is 0 Å². The van der Waals surface area contributed by atoms with Gasteiger partial charge in [-0.1, -0.05) is 12.7 Å². The second-order valence-electron chi connectivity index (χ2n) is 4.45. The highest BCUT2D eigenvalue weighted by Gasteiger charge is 2.29. The first-order valence-electron chi connectivity index (χ1n) is 6.12. The monoisotopic (exact) mass is 279 g/mol. The van der Waals surface area contributed by atoms with E-state index in [4.69, 9.17) is 9.84 Å². The Bertz CT molecular complexity index is 571. The van der Waals surface area contributed by atoms with Crippen molar-refractivity contribution in [2.45, 2.75) is 18.9 Å². The summed E-state index contributed by atoms with van der Waals surface area (Å²) in [6.07, 6.45) is 1.79. The quantitative estimate of drug-likeness (QED) is 0.830. The number of rotatable bonds is 4. The summed E-state index contributed by atoms with van der Waals surface area (Å²) in [5.41, 5.74) is 1.01. The Morgan fingerprint density at radius 2 is 2.30 bits per heavy atom. The van der Waals surface area contributed by atoms with Crippen molar-refractivity contribution in [1.82, 2.24) is 5.32 Å². The van der Waals surface area contributed by atoms with Crippen LogP contribution in [0.3, 0.4) is 0 Å². The average molecular weight is 279 g/mol. The summed E-state index contributed by atoms with van der Waals surface area (Å²) in [5.74, 6) is -1.80. The minimum atomic E-state index is -1.17. The van der Waals surface area contributed by atoms with Gasteiger partial charge in [-0.05, 0) is 36.1 Å². The van der Waals surface area contributed by atoms with Crippen LogP contribution in [0.1, 0.15) is 33.9 Å². The molecule has 0 heterocycles. The number of carboxylic acid groups (broad SMARTS) is 1. The van der Waals surface area contributed by atoms with E-state index in [9.17, 15) is 14.0 Å². The van der Waals surface area contributed by atoms with Gasteiger partial charge >= 0.3 is 12.1 Å². The second-order valence-corrected chi connectivity index (χ2v) is 4.45. The van der Waals surface area contributed by atoms with Gasteiger partial charge in [0.1, 0.15) is 12.4 Å². The molecule has 0 saturated heterocycles. The Morgan fingerprint density at radius 1 is 1.55 bits per heavy atom. The molecule has 0 aliphatic heterocycles. The maximum absolute atomic E-state index is 13.5. The molecular weight excluding hydrogens is 265 g/mol. The molecule has 5 nitrogen and oxygen atoms in total. The molecule has 1 aromatic carbocycles. The zero-order valence-electron chi connectivity index (χ0n) is 10.7. The van der Waals surface area contributed by atoms with Gasteiger partial charge in [-0.25, -0.2) is 14.0 Å². The first kappa shape index (κ1) is 14.0. The smallest absolute Gasteiger partial charge is 0.407 e. The fourth-order valence-electron chi connectivity index (χ4n) is 2.35. The lowest BCUT2D eigenvalue weighted by Gasteiger charge is -2.14.